The third kappa shape index (κ3) is 8.98. The monoisotopic (exact) mass is 724 g/mol. The number of carbonyl (C=O) groups excluding carboxylic acids is 2. The summed E-state index contributed by atoms with van der Waals surface area (Å²) in [5, 5.41) is 22.5. The number of nitrogens with one attached hydrogen (secondary N) is 1. The van der Waals surface area contributed by atoms with Gasteiger partial charge in [-0.05, 0) is 58.9 Å². The van der Waals surface area contributed by atoms with E-state index < -0.39 is 88.2 Å². The summed E-state index contributed by atoms with van der Waals surface area (Å²) in [6.45, 7) is 6.96. The maximum absolute atomic E-state index is 16.1. The number of rotatable bonds is 11. The lowest BCUT2D eigenvalue weighted by atomic mass is 9.96. The minimum atomic E-state index is -4.71. The number of alkyl carbamates (subject to hydrolysis) is 1. The zero-order valence-electron chi connectivity index (χ0n) is 27.9. The van der Waals surface area contributed by atoms with Crippen LogP contribution in [-0.4, -0.2) is 56.0 Å². The third-order valence-corrected chi connectivity index (χ3v) is 7.17. The standard InChI is InChI=1S/C32H31F7N8O4/c1-29(2,3)51-28(49)42-19(15-48)11-31(35,36)21-10-22(33)20(26-44-45-27(50-26)30(4,5)16-40)9-23(21)46(6)13-17-7-8-24(43-25(17)34)47-14-18(12-41-47)32(37,38)39/h7-10,12,14-15,19H,11,13H2,1-6H3,(H,42,49). The summed E-state index contributed by atoms with van der Waals surface area (Å²) in [5.74, 6) is -7.44. The minimum absolute atomic E-state index is 0.0583. The van der Waals surface area contributed by atoms with Gasteiger partial charge in [0.05, 0.1) is 29.4 Å². The molecule has 0 aliphatic heterocycles. The first-order chi connectivity index (χ1) is 23.5. The topological polar surface area (TPSA) is 152 Å². The maximum Gasteiger partial charge on any atom is 0.419 e. The third-order valence-electron chi connectivity index (χ3n) is 7.17. The average Bonchev–Trinajstić information content (AvgIpc) is 3.72. The van der Waals surface area contributed by atoms with Gasteiger partial charge in [0.1, 0.15) is 23.1 Å². The highest BCUT2D eigenvalue weighted by atomic mass is 19.4. The summed E-state index contributed by atoms with van der Waals surface area (Å²) < 4.78 is 113. The van der Waals surface area contributed by atoms with Crippen molar-refractivity contribution in [1.29, 1.82) is 5.26 Å². The van der Waals surface area contributed by atoms with Gasteiger partial charge in [0, 0.05) is 43.0 Å². The lowest BCUT2D eigenvalue weighted by molar-refractivity contribution is -0.137. The number of halogens is 7. The van der Waals surface area contributed by atoms with E-state index in [9.17, 15) is 28.0 Å². The molecule has 4 rings (SSSR count). The van der Waals surface area contributed by atoms with Gasteiger partial charge in [-0.15, -0.1) is 10.2 Å². The number of hydrogen-bond donors (Lipinski definition) is 1. The molecule has 12 nitrogen and oxygen atoms in total. The zero-order valence-corrected chi connectivity index (χ0v) is 27.9. The van der Waals surface area contributed by atoms with E-state index in [0.29, 0.717) is 23.1 Å². The fourth-order valence-electron chi connectivity index (χ4n) is 4.58. The van der Waals surface area contributed by atoms with E-state index in [0.717, 1.165) is 23.1 Å². The summed E-state index contributed by atoms with van der Waals surface area (Å²) >= 11 is 0. The minimum Gasteiger partial charge on any atom is -0.444 e. The number of alkyl halides is 5. The highest BCUT2D eigenvalue weighted by Gasteiger charge is 2.40. The molecule has 3 aromatic heterocycles. The van der Waals surface area contributed by atoms with Crippen LogP contribution in [0.1, 0.15) is 63.6 Å². The first kappa shape index (κ1) is 38.3. The number of carbonyl (C=O) groups is 2. The smallest absolute Gasteiger partial charge is 0.419 e. The molecule has 1 N–H and O–H groups in total. The van der Waals surface area contributed by atoms with E-state index >= 15 is 17.6 Å². The number of hydrogen-bond acceptors (Lipinski definition) is 10. The van der Waals surface area contributed by atoms with Crippen LogP contribution in [0.5, 0.6) is 0 Å². The van der Waals surface area contributed by atoms with Crippen molar-refractivity contribution in [2.24, 2.45) is 0 Å². The second kappa shape index (κ2) is 14.0. The number of pyridine rings is 1. The number of aromatic nitrogens is 5. The average molecular weight is 725 g/mol. The number of anilines is 1. The van der Waals surface area contributed by atoms with Gasteiger partial charge in [-0.3, -0.25) is 0 Å². The van der Waals surface area contributed by atoms with Crippen molar-refractivity contribution in [3.8, 4) is 23.3 Å². The summed E-state index contributed by atoms with van der Waals surface area (Å²) in [6.07, 6.45) is -6.01. The second-order valence-corrected chi connectivity index (χ2v) is 12.9. The molecule has 272 valence electrons. The van der Waals surface area contributed by atoms with Crippen LogP contribution in [0.25, 0.3) is 17.3 Å². The fraction of sp³-hybridized carbons (Fsp3) is 0.406. The lowest BCUT2D eigenvalue weighted by Gasteiger charge is -2.29. The van der Waals surface area contributed by atoms with Gasteiger partial charge in [0.25, 0.3) is 11.8 Å². The van der Waals surface area contributed by atoms with Crippen LogP contribution in [0.4, 0.5) is 41.2 Å². The number of ether oxygens (including phenoxy) is 1. The van der Waals surface area contributed by atoms with Crippen molar-refractivity contribution >= 4 is 18.1 Å². The van der Waals surface area contributed by atoms with Gasteiger partial charge in [0.15, 0.2) is 5.82 Å². The van der Waals surface area contributed by atoms with Gasteiger partial charge in [0.2, 0.25) is 11.8 Å². The number of benzene rings is 1. The van der Waals surface area contributed by atoms with Crippen LogP contribution in [0.3, 0.4) is 0 Å². The van der Waals surface area contributed by atoms with Crippen LogP contribution >= 0.6 is 0 Å². The predicted molar refractivity (Wildman–Crippen MR) is 164 cm³/mol. The lowest BCUT2D eigenvalue weighted by Crippen LogP contribution is -2.42. The Bertz CT molecular complexity index is 1960. The van der Waals surface area contributed by atoms with E-state index in [4.69, 9.17) is 9.15 Å². The molecule has 1 aromatic carbocycles. The van der Waals surface area contributed by atoms with Crippen molar-refractivity contribution in [3.63, 3.8) is 0 Å². The summed E-state index contributed by atoms with van der Waals surface area (Å²) in [4.78, 5) is 28.7. The molecule has 0 bridgehead atoms. The molecule has 0 saturated carbocycles. The molecule has 0 aliphatic rings. The Kier molecular flexibility index (Phi) is 10.5. The quantitative estimate of drug-likeness (QED) is 0.101. The molecule has 51 heavy (non-hydrogen) atoms. The molecular weight excluding hydrogens is 693 g/mol. The van der Waals surface area contributed by atoms with Crippen LogP contribution in [0.2, 0.25) is 0 Å². The Morgan fingerprint density at radius 3 is 2.37 bits per heavy atom. The molecular formula is C32H31F7N8O4. The van der Waals surface area contributed by atoms with Crippen molar-refractivity contribution < 1.29 is 49.5 Å². The zero-order chi connectivity index (χ0) is 38.1. The van der Waals surface area contributed by atoms with E-state index in [1.807, 2.05) is 11.4 Å². The molecule has 0 radical (unpaired) electrons. The molecule has 0 fully saturated rings. The normalized spacial score (nSPS) is 13.0. The van der Waals surface area contributed by atoms with Crippen LogP contribution in [0.15, 0.2) is 41.1 Å². The van der Waals surface area contributed by atoms with Crippen LogP contribution in [-0.2, 0) is 33.6 Å². The van der Waals surface area contributed by atoms with Gasteiger partial charge < -0.3 is 24.2 Å². The Labute approximate surface area is 286 Å². The van der Waals surface area contributed by atoms with Crippen molar-refractivity contribution in [3.05, 3.63) is 71.0 Å². The molecule has 3 heterocycles. The highest BCUT2D eigenvalue weighted by Crippen LogP contribution is 2.42. The molecule has 0 aliphatic carbocycles. The van der Waals surface area contributed by atoms with Crippen molar-refractivity contribution in [1.82, 2.24) is 30.3 Å². The molecule has 0 saturated heterocycles. The molecule has 1 atom stereocenters. The molecule has 0 spiro atoms. The molecule has 4 aromatic rings. The maximum atomic E-state index is 16.1. The summed E-state index contributed by atoms with van der Waals surface area (Å²) in [6, 6.07) is 3.83. The Balaban J connectivity index is 1.74. The number of amides is 1. The number of aldehydes is 1. The highest BCUT2D eigenvalue weighted by molar-refractivity contribution is 5.74. The van der Waals surface area contributed by atoms with E-state index in [1.54, 1.807) is 0 Å². The van der Waals surface area contributed by atoms with E-state index in [-0.39, 0.29) is 23.6 Å². The molecule has 1 unspecified atom stereocenters. The Hall–Kier alpha value is -5.54. The van der Waals surface area contributed by atoms with Gasteiger partial charge in [-0.25, -0.2) is 22.6 Å². The van der Waals surface area contributed by atoms with Gasteiger partial charge >= 0.3 is 12.3 Å². The second-order valence-electron chi connectivity index (χ2n) is 12.9. The predicted octanol–water partition coefficient (Wildman–Crippen LogP) is 6.63. The van der Waals surface area contributed by atoms with E-state index in [2.05, 4.69) is 20.3 Å². The molecule has 1 amide bonds. The van der Waals surface area contributed by atoms with Gasteiger partial charge in [-0.1, -0.05) is 0 Å². The van der Waals surface area contributed by atoms with Gasteiger partial charge in [-0.2, -0.15) is 32.9 Å². The SMILES string of the molecule is CN(Cc1ccc(-n2cc(C(F)(F)F)cn2)nc1F)c1cc(-c2nnc(C(C)(C)C#N)o2)c(F)cc1C(F)(F)CC(C=O)NC(=O)OC(C)(C)C. The first-order valence-corrected chi connectivity index (χ1v) is 15.0. The van der Waals surface area contributed by atoms with Crippen molar-refractivity contribution in [2.45, 2.75) is 76.7 Å². The molecule has 19 heteroatoms. The van der Waals surface area contributed by atoms with Crippen LogP contribution in [0, 0.1) is 23.1 Å². The number of nitrogens with zero attached hydrogens (tertiary/aromatic N) is 7. The Morgan fingerprint density at radius 2 is 1.80 bits per heavy atom. The number of nitriles is 1. The van der Waals surface area contributed by atoms with E-state index in [1.165, 1.54) is 41.7 Å². The van der Waals surface area contributed by atoms with Crippen molar-refractivity contribution in [2.75, 3.05) is 11.9 Å². The fourth-order valence-corrected chi connectivity index (χ4v) is 4.58. The first-order valence-electron chi connectivity index (χ1n) is 15.0. The Morgan fingerprint density at radius 1 is 1.12 bits per heavy atom. The van der Waals surface area contributed by atoms with Crippen LogP contribution < -0.4 is 10.2 Å². The summed E-state index contributed by atoms with van der Waals surface area (Å²) in [5.41, 5.74) is -5.48. The summed E-state index contributed by atoms with van der Waals surface area (Å²) in [7, 11) is 1.25. The largest absolute Gasteiger partial charge is 0.444 e.